The molecule has 0 fully saturated rings. The molecule has 2 unspecified atom stereocenters. The zero-order valence-electron chi connectivity index (χ0n) is 13.3. The van der Waals surface area contributed by atoms with Crippen molar-refractivity contribution in [1.29, 1.82) is 0 Å². The molecule has 0 aliphatic heterocycles. The van der Waals surface area contributed by atoms with Gasteiger partial charge in [0.05, 0.1) is 5.92 Å². The number of aliphatic hydroxyl groups is 1. The van der Waals surface area contributed by atoms with E-state index < -0.39 is 30.1 Å². The van der Waals surface area contributed by atoms with Crippen LogP contribution in [0, 0.1) is 11.8 Å². The molecule has 5 N–H and O–H groups in total. The molecule has 0 aromatic heterocycles. The van der Waals surface area contributed by atoms with Gasteiger partial charge in [-0.15, -0.1) is 0 Å². The molecule has 23 heavy (non-hydrogen) atoms. The first kappa shape index (κ1) is 19.1. The molecule has 0 saturated carbocycles. The van der Waals surface area contributed by atoms with Crippen LogP contribution in [0.1, 0.15) is 25.8 Å². The number of carbonyl (C=O) groups is 2. The number of carbonyl (C=O) groups excluding carboxylic acids is 1. The van der Waals surface area contributed by atoms with Gasteiger partial charge in [-0.05, 0) is 24.3 Å². The van der Waals surface area contributed by atoms with Crippen molar-refractivity contribution in [1.82, 2.24) is 10.8 Å². The Kier molecular flexibility index (Phi) is 7.67. The molecular formula is C16H24N2O5. The quantitative estimate of drug-likeness (QED) is 0.260. The number of aliphatic hydroxyl groups excluding tert-OH is 1. The minimum absolute atomic E-state index is 0.107. The molecule has 0 spiro atoms. The third-order valence-corrected chi connectivity index (χ3v) is 3.50. The third kappa shape index (κ3) is 6.35. The van der Waals surface area contributed by atoms with E-state index in [0.29, 0.717) is 6.42 Å². The second-order valence-corrected chi connectivity index (χ2v) is 5.90. The van der Waals surface area contributed by atoms with Crippen LogP contribution in [0.4, 0.5) is 0 Å². The third-order valence-electron chi connectivity index (χ3n) is 3.50. The predicted octanol–water partition coefficient (Wildman–Crippen LogP) is 0.758. The molecule has 0 heterocycles. The average molecular weight is 324 g/mol. The summed E-state index contributed by atoms with van der Waals surface area (Å²) >= 11 is 0. The van der Waals surface area contributed by atoms with E-state index in [0.717, 1.165) is 5.56 Å². The van der Waals surface area contributed by atoms with E-state index >= 15 is 0 Å². The number of carboxylic acid groups (broad SMARTS) is 1. The van der Waals surface area contributed by atoms with Gasteiger partial charge in [-0.1, -0.05) is 44.2 Å². The summed E-state index contributed by atoms with van der Waals surface area (Å²) in [6.45, 7) is 3.73. The van der Waals surface area contributed by atoms with Gasteiger partial charge >= 0.3 is 5.97 Å². The van der Waals surface area contributed by atoms with Crippen LogP contribution in [0.25, 0.3) is 0 Å². The van der Waals surface area contributed by atoms with E-state index in [1.807, 2.05) is 19.9 Å². The van der Waals surface area contributed by atoms with Gasteiger partial charge in [0.2, 0.25) is 0 Å². The van der Waals surface area contributed by atoms with Gasteiger partial charge in [-0.2, -0.15) is 0 Å². The Labute approximate surface area is 135 Å². The number of rotatable bonds is 9. The fourth-order valence-corrected chi connectivity index (χ4v) is 2.33. The second kappa shape index (κ2) is 9.24. The first-order valence-corrected chi connectivity index (χ1v) is 7.50. The summed E-state index contributed by atoms with van der Waals surface area (Å²) in [5, 5.41) is 30.9. The molecule has 1 aromatic carbocycles. The van der Waals surface area contributed by atoms with Crippen LogP contribution in [0.5, 0.6) is 0 Å². The maximum Gasteiger partial charge on any atom is 0.320 e. The highest BCUT2D eigenvalue weighted by Crippen LogP contribution is 2.14. The minimum Gasteiger partial charge on any atom is -0.480 e. The summed E-state index contributed by atoms with van der Waals surface area (Å²) in [5.41, 5.74) is 2.31. The fourth-order valence-electron chi connectivity index (χ4n) is 2.33. The van der Waals surface area contributed by atoms with Crippen LogP contribution in [0.3, 0.4) is 0 Å². The van der Waals surface area contributed by atoms with Crippen LogP contribution in [0.15, 0.2) is 30.3 Å². The number of carboxylic acids is 1. The molecule has 0 aliphatic carbocycles. The van der Waals surface area contributed by atoms with Crippen molar-refractivity contribution in [3.63, 3.8) is 0 Å². The molecule has 3 atom stereocenters. The van der Waals surface area contributed by atoms with Crippen LogP contribution >= 0.6 is 0 Å². The van der Waals surface area contributed by atoms with E-state index in [4.69, 9.17) is 5.21 Å². The van der Waals surface area contributed by atoms with Crippen molar-refractivity contribution in [2.24, 2.45) is 11.8 Å². The van der Waals surface area contributed by atoms with Crippen molar-refractivity contribution in [3.05, 3.63) is 35.9 Å². The maximum absolute atomic E-state index is 11.8. The SMILES string of the molecule is CC(C)C[C@H](NC(O)C(Cc1ccccc1)C(=O)NO)C(=O)O. The zero-order chi connectivity index (χ0) is 17.4. The lowest BCUT2D eigenvalue weighted by Gasteiger charge is -2.26. The van der Waals surface area contributed by atoms with E-state index in [1.54, 1.807) is 24.3 Å². The Morgan fingerprint density at radius 1 is 1.17 bits per heavy atom. The lowest BCUT2D eigenvalue weighted by Crippen LogP contribution is -2.51. The Bertz CT molecular complexity index is 506. The van der Waals surface area contributed by atoms with Crippen molar-refractivity contribution in [2.75, 3.05) is 0 Å². The van der Waals surface area contributed by atoms with Gasteiger partial charge < -0.3 is 10.2 Å². The van der Waals surface area contributed by atoms with Crippen molar-refractivity contribution in [3.8, 4) is 0 Å². The Hall–Kier alpha value is -1.96. The molecule has 0 radical (unpaired) electrons. The van der Waals surface area contributed by atoms with Crippen LogP contribution in [-0.4, -0.2) is 39.6 Å². The Balaban J connectivity index is 2.84. The molecule has 1 aromatic rings. The summed E-state index contributed by atoms with van der Waals surface area (Å²) in [4.78, 5) is 23.1. The van der Waals surface area contributed by atoms with Gasteiger partial charge in [0.1, 0.15) is 12.3 Å². The second-order valence-electron chi connectivity index (χ2n) is 5.90. The smallest absolute Gasteiger partial charge is 0.320 e. The summed E-state index contributed by atoms with van der Waals surface area (Å²) in [6, 6.07) is 8.00. The largest absolute Gasteiger partial charge is 0.480 e. The minimum atomic E-state index is -1.40. The zero-order valence-corrected chi connectivity index (χ0v) is 13.3. The van der Waals surface area contributed by atoms with Gasteiger partial charge in [0.25, 0.3) is 5.91 Å². The normalized spacial score (nSPS) is 15.0. The van der Waals surface area contributed by atoms with Crippen molar-refractivity contribution in [2.45, 2.75) is 39.0 Å². The molecule has 7 heteroatoms. The number of amides is 1. The monoisotopic (exact) mass is 324 g/mol. The summed E-state index contributed by atoms with van der Waals surface area (Å²) < 4.78 is 0. The summed E-state index contributed by atoms with van der Waals surface area (Å²) in [6.07, 6.45) is -0.928. The highest BCUT2D eigenvalue weighted by molar-refractivity contribution is 5.78. The maximum atomic E-state index is 11.8. The highest BCUT2D eigenvalue weighted by Gasteiger charge is 2.31. The van der Waals surface area contributed by atoms with Crippen LogP contribution in [-0.2, 0) is 16.0 Å². The van der Waals surface area contributed by atoms with E-state index in [9.17, 15) is 19.8 Å². The van der Waals surface area contributed by atoms with E-state index in [-0.39, 0.29) is 12.3 Å². The summed E-state index contributed by atoms with van der Waals surface area (Å²) in [7, 11) is 0. The highest BCUT2D eigenvalue weighted by atomic mass is 16.5. The van der Waals surface area contributed by atoms with Crippen LogP contribution in [0.2, 0.25) is 0 Å². The fraction of sp³-hybridized carbons (Fsp3) is 0.500. The number of hydrogen-bond donors (Lipinski definition) is 5. The first-order chi connectivity index (χ1) is 10.8. The van der Waals surface area contributed by atoms with Crippen LogP contribution < -0.4 is 10.8 Å². The molecule has 7 nitrogen and oxygen atoms in total. The van der Waals surface area contributed by atoms with Gasteiger partial charge in [-0.25, -0.2) is 5.48 Å². The van der Waals surface area contributed by atoms with Gasteiger partial charge in [-0.3, -0.25) is 20.1 Å². The van der Waals surface area contributed by atoms with Crippen molar-refractivity contribution >= 4 is 11.9 Å². The predicted molar refractivity (Wildman–Crippen MR) is 83.6 cm³/mol. The molecule has 1 amide bonds. The Morgan fingerprint density at radius 3 is 2.26 bits per heavy atom. The molecule has 128 valence electrons. The first-order valence-electron chi connectivity index (χ1n) is 7.50. The lowest BCUT2D eigenvalue weighted by molar-refractivity contribution is -0.144. The van der Waals surface area contributed by atoms with Crippen molar-refractivity contribution < 1.29 is 25.0 Å². The topological polar surface area (TPSA) is 119 Å². The lowest BCUT2D eigenvalue weighted by atomic mass is 9.95. The molecular weight excluding hydrogens is 300 g/mol. The number of nitrogens with one attached hydrogen (secondary N) is 2. The molecule has 0 aliphatic rings. The van der Waals surface area contributed by atoms with E-state index in [1.165, 1.54) is 5.48 Å². The number of hydroxylamine groups is 1. The number of aliphatic carboxylic acids is 1. The van der Waals surface area contributed by atoms with Gasteiger partial charge in [0, 0.05) is 0 Å². The molecule has 0 saturated heterocycles. The molecule has 1 rings (SSSR count). The van der Waals surface area contributed by atoms with Gasteiger partial charge in [0.15, 0.2) is 0 Å². The number of hydrogen-bond acceptors (Lipinski definition) is 5. The Morgan fingerprint density at radius 2 is 1.78 bits per heavy atom. The average Bonchev–Trinajstić information content (AvgIpc) is 2.51. The summed E-state index contributed by atoms with van der Waals surface area (Å²) in [5.74, 6) is -2.78. The van der Waals surface area contributed by atoms with E-state index in [2.05, 4.69) is 5.32 Å². The standard InChI is InChI=1S/C16H24N2O5/c1-10(2)8-13(16(21)22)17-14(19)12(15(20)18-23)9-11-6-4-3-5-7-11/h3-7,10,12-14,17,19,23H,8-9H2,1-2H3,(H,18,20)(H,21,22)/t12?,13-,14?/m0/s1. The molecule has 0 bridgehead atoms. The number of benzene rings is 1.